The van der Waals surface area contributed by atoms with Crippen molar-refractivity contribution in [3.63, 3.8) is 0 Å². The molecular formula is C15H20N6O2. The van der Waals surface area contributed by atoms with Crippen LogP contribution in [0.15, 0.2) is 18.5 Å². The molecule has 3 heterocycles. The van der Waals surface area contributed by atoms with Crippen molar-refractivity contribution in [1.82, 2.24) is 24.5 Å². The number of hydrogen-bond acceptors (Lipinski definition) is 4. The first-order chi connectivity index (χ1) is 11.0. The van der Waals surface area contributed by atoms with Crippen molar-refractivity contribution in [2.24, 2.45) is 12.8 Å². The van der Waals surface area contributed by atoms with Gasteiger partial charge in [0.05, 0.1) is 0 Å². The van der Waals surface area contributed by atoms with Crippen molar-refractivity contribution in [2.45, 2.75) is 32.4 Å². The summed E-state index contributed by atoms with van der Waals surface area (Å²) in [6, 6.07) is 1.47. The Morgan fingerprint density at radius 2 is 2.22 bits per heavy atom. The molecule has 1 atom stereocenters. The van der Waals surface area contributed by atoms with Crippen LogP contribution in [0, 0.1) is 0 Å². The molecule has 122 valence electrons. The van der Waals surface area contributed by atoms with Gasteiger partial charge in [-0.05, 0) is 12.5 Å². The SMILES string of the molecule is CCC(C(=O)N1CCc2c(c(C(N)=O)nn2C)C1)n1cccn1. The van der Waals surface area contributed by atoms with Gasteiger partial charge in [0.15, 0.2) is 5.69 Å². The third-order valence-corrected chi connectivity index (χ3v) is 4.30. The third kappa shape index (κ3) is 2.60. The van der Waals surface area contributed by atoms with E-state index < -0.39 is 5.91 Å². The Balaban J connectivity index is 1.86. The molecule has 2 N–H and O–H groups in total. The Morgan fingerprint density at radius 3 is 2.83 bits per heavy atom. The Labute approximate surface area is 133 Å². The van der Waals surface area contributed by atoms with E-state index in [4.69, 9.17) is 5.73 Å². The molecule has 3 rings (SSSR count). The molecule has 2 aromatic heterocycles. The topological polar surface area (TPSA) is 99.0 Å². The van der Waals surface area contributed by atoms with Crippen LogP contribution in [-0.2, 0) is 24.8 Å². The first-order valence-electron chi connectivity index (χ1n) is 7.65. The summed E-state index contributed by atoms with van der Waals surface area (Å²) in [4.78, 5) is 26.2. The van der Waals surface area contributed by atoms with Gasteiger partial charge in [-0.2, -0.15) is 10.2 Å². The molecule has 2 aromatic rings. The summed E-state index contributed by atoms with van der Waals surface area (Å²) in [5.41, 5.74) is 7.39. The number of amides is 2. The molecule has 0 spiro atoms. The summed E-state index contributed by atoms with van der Waals surface area (Å²) in [6.07, 6.45) is 4.77. The highest BCUT2D eigenvalue weighted by atomic mass is 16.2. The fourth-order valence-electron chi connectivity index (χ4n) is 3.13. The van der Waals surface area contributed by atoms with E-state index in [2.05, 4.69) is 10.2 Å². The van der Waals surface area contributed by atoms with Gasteiger partial charge < -0.3 is 10.6 Å². The van der Waals surface area contributed by atoms with Crippen LogP contribution in [0.3, 0.4) is 0 Å². The molecule has 1 aliphatic heterocycles. The number of nitrogens with zero attached hydrogens (tertiary/aromatic N) is 5. The summed E-state index contributed by atoms with van der Waals surface area (Å²) >= 11 is 0. The van der Waals surface area contributed by atoms with E-state index in [9.17, 15) is 9.59 Å². The summed E-state index contributed by atoms with van der Waals surface area (Å²) < 4.78 is 3.36. The zero-order valence-electron chi connectivity index (χ0n) is 13.3. The van der Waals surface area contributed by atoms with Crippen LogP contribution in [0.4, 0.5) is 0 Å². The summed E-state index contributed by atoms with van der Waals surface area (Å²) in [5.74, 6) is -0.559. The van der Waals surface area contributed by atoms with Gasteiger partial charge in [-0.15, -0.1) is 0 Å². The van der Waals surface area contributed by atoms with Crippen molar-refractivity contribution < 1.29 is 9.59 Å². The number of hydrogen-bond donors (Lipinski definition) is 1. The first kappa shape index (κ1) is 15.3. The monoisotopic (exact) mass is 316 g/mol. The fraction of sp³-hybridized carbons (Fsp3) is 0.467. The lowest BCUT2D eigenvalue weighted by atomic mass is 10.0. The minimum Gasteiger partial charge on any atom is -0.364 e. The van der Waals surface area contributed by atoms with Crippen LogP contribution in [0.2, 0.25) is 0 Å². The van der Waals surface area contributed by atoms with E-state index in [1.54, 1.807) is 39.8 Å². The van der Waals surface area contributed by atoms with Gasteiger partial charge in [-0.3, -0.25) is 19.0 Å². The maximum absolute atomic E-state index is 12.8. The molecule has 1 aliphatic rings. The number of carbonyl (C=O) groups is 2. The lowest BCUT2D eigenvalue weighted by molar-refractivity contribution is -0.136. The van der Waals surface area contributed by atoms with E-state index in [0.717, 1.165) is 11.3 Å². The molecule has 0 bridgehead atoms. The highest BCUT2D eigenvalue weighted by Gasteiger charge is 2.31. The lowest BCUT2D eigenvalue weighted by Crippen LogP contribution is -2.41. The number of rotatable bonds is 4. The van der Waals surface area contributed by atoms with E-state index in [1.165, 1.54) is 0 Å². The summed E-state index contributed by atoms with van der Waals surface area (Å²) in [5, 5.41) is 8.36. The smallest absolute Gasteiger partial charge is 0.269 e. The maximum Gasteiger partial charge on any atom is 0.269 e. The molecule has 0 fully saturated rings. The second kappa shape index (κ2) is 5.86. The van der Waals surface area contributed by atoms with Crippen LogP contribution in [0.25, 0.3) is 0 Å². The largest absolute Gasteiger partial charge is 0.364 e. The molecular weight excluding hydrogens is 296 g/mol. The molecule has 0 aromatic carbocycles. The van der Waals surface area contributed by atoms with Gasteiger partial charge >= 0.3 is 0 Å². The zero-order valence-corrected chi connectivity index (χ0v) is 13.3. The average Bonchev–Trinajstić information content (AvgIpc) is 3.16. The maximum atomic E-state index is 12.8. The van der Waals surface area contributed by atoms with Crippen molar-refractivity contribution in [3.8, 4) is 0 Å². The molecule has 8 heteroatoms. The van der Waals surface area contributed by atoms with Crippen LogP contribution in [0.1, 0.15) is 41.1 Å². The number of primary amides is 1. The Hall–Kier alpha value is -2.64. The molecule has 0 saturated carbocycles. The number of carbonyl (C=O) groups excluding carboxylic acids is 2. The normalized spacial score (nSPS) is 15.3. The first-order valence-corrected chi connectivity index (χ1v) is 7.65. The lowest BCUT2D eigenvalue weighted by Gasteiger charge is -2.30. The number of nitrogens with two attached hydrogens (primary N) is 1. The number of fused-ring (bicyclic) bond motifs is 1. The molecule has 2 amide bonds. The predicted molar refractivity (Wildman–Crippen MR) is 82.4 cm³/mol. The van der Waals surface area contributed by atoms with Crippen LogP contribution in [0.5, 0.6) is 0 Å². The molecule has 0 saturated heterocycles. The molecule has 23 heavy (non-hydrogen) atoms. The van der Waals surface area contributed by atoms with E-state index in [1.807, 2.05) is 6.92 Å². The standard InChI is InChI=1S/C15H20N6O2/c1-3-11(21-7-4-6-17-21)15(23)20-8-5-12-10(9-20)13(14(16)22)18-19(12)2/h4,6-7,11H,3,5,8-9H2,1-2H3,(H2,16,22). The minimum absolute atomic E-state index is 0.00104. The van der Waals surface area contributed by atoms with Gasteiger partial charge in [0.2, 0.25) is 5.91 Å². The van der Waals surface area contributed by atoms with Crippen LogP contribution in [-0.4, -0.2) is 42.8 Å². The van der Waals surface area contributed by atoms with Crippen molar-refractivity contribution in [3.05, 3.63) is 35.4 Å². The summed E-state index contributed by atoms with van der Waals surface area (Å²) in [7, 11) is 1.79. The predicted octanol–water partition coefficient (Wildman–Crippen LogP) is 0.252. The van der Waals surface area contributed by atoms with Crippen molar-refractivity contribution >= 4 is 11.8 Å². The molecule has 8 nitrogen and oxygen atoms in total. The van der Waals surface area contributed by atoms with Gasteiger partial charge in [0.25, 0.3) is 5.91 Å². The van der Waals surface area contributed by atoms with Crippen molar-refractivity contribution in [2.75, 3.05) is 6.54 Å². The van der Waals surface area contributed by atoms with Gasteiger partial charge in [0.1, 0.15) is 6.04 Å². The van der Waals surface area contributed by atoms with E-state index >= 15 is 0 Å². The fourth-order valence-corrected chi connectivity index (χ4v) is 3.13. The highest BCUT2D eigenvalue weighted by Crippen LogP contribution is 2.24. The van der Waals surface area contributed by atoms with Crippen LogP contribution >= 0.6 is 0 Å². The Bertz CT molecular complexity index is 733. The van der Waals surface area contributed by atoms with Crippen LogP contribution < -0.4 is 5.73 Å². The van der Waals surface area contributed by atoms with Gasteiger partial charge in [-0.1, -0.05) is 6.92 Å². The highest BCUT2D eigenvalue weighted by molar-refractivity contribution is 5.93. The quantitative estimate of drug-likeness (QED) is 0.874. The van der Waals surface area contributed by atoms with Crippen molar-refractivity contribution in [1.29, 1.82) is 0 Å². The number of aromatic nitrogens is 4. The average molecular weight is 316 g/mol. The minimum atomic E-state index is -0.560. The van der Waals surface area contributed by atoms with E-state index in [-0.39, 0.29) is 17.6 Å². The summed E-state index contributed by atoms with van der Waals surface area (Å²) in [6.45, 7) is 2.91. The Morgan fingerprint density at radius 1 is 1.43 bits per heavy atom. The molecule has 0 aliphatic carbocycles. The number of aryl methyl sites for hydroxylation is 1. The van der Waals surface area contributed by atoms with Gasteiger partial charge in [-0.25, -0.2) is 0 Å². The second-order valence-electron chi connectivity index (χ2n) is 5.68. The van der Waals surface area contributed by atoms with Gasteiger partial charge in [0, 0.05) is 50.2 Å². The second-order valence-corrected chi connectivity index (χ2v) is 5.68. The van der Waals surface area contributed by atoms with E-state index in [0.29, 0.717) is 25.9 Å². The zero-order chi connectivity index (χ0) is 16.6. The Kier molecular flexibility index (Phi) is 3.89. The third-order valence-electron chi connectivity index (χ3n) is 4.30. The molecule has 1 unspecified atom stereocenters. The molecule has 0 radical (unpaired) electrons.